The van der Waals surface area contributed by atoms with Gasteiger partial charge in [-0.05, 0) is 19.0 Å². The average molecular weight is 370 g/mol. The van der Waals surface area contributed by atoms with Crippen LogP contribution in [0.5, 0.6) is 5.75 Å². The minimum Gasteiger partial charge on any atom is -0.495 e. The zero-order valence-electron chi connectivity index (χ0n) is 14.1. The van der Waals surface area contributed by atoms with Crippen molar-refractivity contribution in [1.82, 2.24) is 14.5 Å². The summed E-state index contributed by atoms with van der Waals surface area (Å²) in [4.78, 5) is 12.5. The van der Waals surface area contributed by atoms with Crippen molar-refractivity contribution >= 4 is 15.7 Å². The standard InChI is InChI=1S/C15H22N4O5S/c1-24-14-3-2-12(19(20)21)10-15(14)25(22,23)18-8-6-17(7-9-18)13-4-5-16-11-13/h2-3,10,13,16H,4-9,11H2,1H3. The second-order valence-corrected chi connectivity index (χ2v) is 8.09. The number of hydrogen-bond acceptors (Lipinski definition) is 7. The van der Waals surface area contributed by atoms with Crippen LogP contribution in [0.25, 0.3) is 0 Å². The van der Waals surface area contributed by atoms with Gasteiger partial charge in [0, 0.05) is 50.9 Å². The van der Waals surface area contributed by atoms with Crippen LogP contribution in [0.2, 0.25) is 0 Å². The van der Waals surface area contributed by atoms with E-state index in [9.17, 15) is 18.5 Å². The van der Waals surface area contributed by atoms with Gasteiger partial charge in [0.2, 0.25) is 10.0 Å². The van der Waals surface area contributed by atoms with Gasteiger partial charge < -0.3 is 10.1 Å². The molecule has 0 bridgehead atoms. The zero-order valence-corrected chi connectivity index (χ0v) is 14.9. The monoisotopic (exact) mass is 370 g/mol. The van der Waals surface area contributed by atoms with E-state index in [2.05, 4.69) is 10.2 Å². The fourth-order valence-electron chi connectivity index (χ4n) is 3.38. The third-order valence-electron chi connectivity index (χ3n) is 4.80. The van der Waals surface area contributed by atoms with E-state index in [0.29, 0.717) is 32.2 Å². The normalized spacial score (nSPS) is 22.8. The third kappa shape index (κ3) is 3.61. The first-order chi connectivity index (χ1) is 11.9. The van der Waals surface area contributed by atoms with Crippen molar-refractivity contribution in [3.05, 3.63) is 28.3 Å². The summed E-state index contributed by atoms with van der Waals surface area (Å²) in [6.45, 7) is 3.97. The Morgan fingerprint density at radius 1 is 1.28 bits per heavy atom. The van der Waals surface area contributed by atoms with Crippen LogP contribution in [-0.2, 0) is 10.0 Å². The summed E-state index contributed by atoms with van der Waals surface area (Å²) in [5.74, 6) is 0.119. The van der Waals surface area contributed by atoms with Crippen LogP contribution in [0.3, 0.4) is 0 Å². The number of nitrogens with one attached hydrogen (secondary N) is 1. The number of ether oxygens (including phenoxy) is 1. The van der Waals surface area contributed by atoms with E-state index in [1.807, 2.05) is 0 Å². The Balaban J connectivity index is 1.80. The number of methoxy groups -OCH3 is 1. The van der Waals surface area contributed by atoms with Crippen LogP contribution in [0.1, 0.15) is 6.42 Å². The van der Waals surface area contributed by atoms with E-state index >= 15 is 0 Å². The maximum Gasteiger partial charge on any atom is 0.271 e. The molecule has 2 aliphatic rings. The summed E-state index contributed by atoms with van der Waals surface area (Å²) in [6.07, 6.45) is 1.07. The lowest BCUT2D eigenvalue weighted by molar-refractivity contribution is -0.385. The van der Waals surface area contributed by atoms with E-state index in [1.165, 1.54) is 23.5 Å². The number of nitro benzene ring substituents is 1. The molecule has 10 heteroatoms. The Bertz CT molecular complexity index is 740. The minimum atomic E-state index is -3.85. The van der Waals surface area contributed by atoms with Crippen molar-refractivity contribution in [3.63, 3.8) is 0 Å². The van der Waals surface area contributed by atoms with Crippen LogP contribution in [0.15, 0.2) is 23.1 Å². The number of sulfonamides is 1. The van der Waals surface area contributed by atoms with Gasteiger partial charge in [-0.15, -0.1) is 0 Å². The van der Waals surface area contributed by atoms with Crippen molar-refractivity contribution in [3.8, 4) is 5.75 Å². The predicted molar refractivity (Wildman–Crippen MR) is 91.3 cm³/mol. The molecular formula is C15H22N4O5S. The lowest BCUT2D eigenvalue weighted by Gasteiger charge is -2.37. The molecule has 2 aliphatic heterocycles. The summed E-state index contributed by atoms with van der Waals surface area (Å²) >= 11 is 0. The van der Waals surface area contributed by atoms with Crippen LogP contribution in [0.4, 0.5) is 5.69 Å². The molecule has 1 unspecified atom stereocenters. The molecule has 1 N–H and O–H groups in total. The fourth-order valence-corrected chi connectivity index (χ4v) is 4.98. The molecule has 3 rings (SSSR count). The Labute approximate surface area is 146 Å². The Morgan fingerprint density at radius 2 is 2.00 bits per heavy atom. The molecule has 0 amide bonds. The number of nitro groups is 1. The van der Waals surface area contributed by atoms with Crippen molar-refractivity contribution in [2.75, 3.05) is 46.4 Å². The Kier molecular flexibility index (Phi) is 5.23. The molecular weight excluding hydrogens is 348 g/mol. The Hall–Kier alpha value is -1.75. The predicted octanol–water partition coefficient (Wildman–Crippen LogP) is 0.272. The maximum atomic E-state index is 13.0. The largest absolute Gasteiger partial charge is 0.495 e. The highest BCUT2D eigenvalue weighted by Gasteiger charge is 2.34. The molecule has 0 spiro atoms. The van der Waals surface area contributed by atoms with Gasteiger partial charge in [0.25, 0.3) is 5.69 Å². The number of hydrogen-bond donors (Lipinski definition) is 1. The highest BCUT2D eigenvalue weighted by Crippen LogP contribution is 2.31. The molecule has 0 aliphatic carbocycles. The molecule has 2 saturated heterocycles. The van der Waals surface area contributed by atoms with Crippen molar-refractivity contribution in [2.24, 2.45) is 0 Å². The zero-order chi connectivity index (χ0) is 18.0. The molecule has 1 atom stereocenters. The van der Waals surface area contributed by atoms with Gasteiger partial charge in [-0.1, -0.05) is 0 Å². The van der Waals surface area contributed by atoms with Crippen molar-refractivity contribution < 1.29 is 18.1 Å². The molecule has 1 aromatic carbocycles. The van der Waals surface area contributed by atoms with Crippen LogP contribution < -0.4 is 10.1 Å². The van der Waals surface area contributed by atoms with Gasteiger partial charge in [-0.3, -0.25) is 15.0 Å². The van der Waals surface area contributed by atoms with E-state index in [1.54, 1.807) is 0 Å². The highest BCUT2D eigenvalue weighted by molar-refractivity contribution is 7.89. The Morgan fingerprint density at radius 3 is 2.56 bits per heavy atom. The number of nitrogens with zero attached hydrogens (tertiary/aromatic N) is 3. The maximum absolute atomic E-state index is 13.0. The first-order valence-electron chi connectivity index (χ1n) is 8.21. The van der Waals surface area contributed by atoms with E-state index < -0.39 is 14.9 Å². The smallest absolute Gasteiger partial charge is 0.271 e. The first kappa shape index (κ1) is 18.1. The molecule has 0 aromatic heterocycles. The second-order valence-electron chi connectivity index (χ2n) is 6.18. The number of non-ortho nitro benzene ring substituents is 1. The van der Waals surface area contributed by atoms with E-state index in [-0.39, 0.29) is 16.3 Å². The molecule has 1 aromatic rings. The molecule has 9 nitrogen and oxygen atoms in total. The topological polar surface area (TPSA) is 105 Å². The molecule has 0 radical (unpaired) electrons. The summed E-state index contributed by atoms with van der Waals surface area (Å²) in [7, 11) is -2.49. The van der Waals surface area contributed by atoms with Crippen LogP contribution in [0, 0.1) is 10.1 Å². The summed E-state index contributed by atoms with van der Waals surface area (Å²) in [6, 6.07) is 4.09. The summed E-state index contributed by atoms with van der Waals surface area (Å²) in [5.41, 5.74) is -0.268. The highest BCUT2D eigenvalue weighted by atomic mass is 32.2. The first-order valence-corrected chi connectivity index (χ1v) is 9.65. The van der Waals surface area contributed by atoms with Gasteiger partial charge in [-0.2, -0.15) is 4.31 Å². The molecule has 0 saturated carbocycles. The number of piperazine rings is 1. The number of benzene rings is 1. The lowest BCUT2D eigenvalue weighted by atomic mass is 10.2. The second kappa shape index (κ2) is 7.24. The van der Waals surface area contributed by atoms with Crippen LogP contribution in [-0.4, -0.2) is 75.0 Å². The average Bonchev–Trinajstić information content (AvgIpc) is 3.16. The van der Waals surface area contributed by atoms with Gasteiger partial charge in [0.05, 0.1) is 12.0 Å². The fraction of sp³-hybridized carbons (Fsp3) is 0.600. The summed E-state index contributed by atoms with van der Waals surface area (Å²) in [5, 5.41) is 14.3. The molecule has 25 heavy (non-hydrogen) atoms. The molecule has 138 valence electrons. The molecule has 2 fully saturated rings. The van der Waals surface area contributed by atoms with E-state index in [0.717, 1.165) is 25.6 Å². The van der Waals surface area contributed by atoms with Gasteiger partial charge in [-0.25, -0.2) is 8.42 Å². The third-order valence-corrected chi connectivity index (χ3v) is 6.72. The summed E-state index contributed by atoms with van der Waals surface area (Å²) < 4.78 is 32.4. The minimum absolute atomic E-state index is 0.119. The van der Waals surface area contributed by atoms with E-state index in [4.69, 9.17) is 4.74 Å². The van der Waals surface area contributed by atoms with Crippen molar-refractivity contribution in [2.45, 2.75) is 17.4 Å². The number of rotatable bonds is 5. The SMILES string of the molecule is COc1ccc([N+](=O)[O-])cc1S(=O)(=O)N1CCN(C2CCNC2)CC1. The van der Waals surface area contributed by atoms with Crippen molar-refractivity contribution in [1.29, 1.82) is 0 Å². The quantitative estimate of drug-likeness (QED) is 0.586. The van der Waals surface area contributed by atoms with Gasteiger partial charge in [0.15, 0.2) is 0 Å². The molecule has 2 heterocycles. The lowest BCUT2D eigenvalue weighted by Crippen LogP contribution is -2.52. The van der Waals surface area contributed by atoms with Gasteiger partial charge >= 0.3 is 0 Å². The van der Waals surface area contributed by atoms with Crippen LogP contribution >= 0.6 is 0 Å². The van der Waals surface area contributed by atoms with Gasteiger partial charge in [0.1, 0.15) is 10.6 Å².